The molecule has 1 aromatic carbocycles. The molecule has 2 N–H and O–H groups in total. The summed E-state index contributed by atoms with van der Waals surface area (Å²) in [5.74, 6) is 1.00. The molecular weight excluding hydrogens is 222 g/mol. The highest BCUT2D eigenvalue weighted by molar-refractivity contribution is 5.26. The Balaban J connectivity index is 2.43. The van der Waals surface area contributed by atoms with E-state index in [1.54, 1.807) is 0 Å². The highest BCUT2D eigenvalue weighted by Gasteiger charge is 2.21. The lowest BCUT2D eigenvalue weighted by Gasteiger charge is -2.26. The number of imidazole rings is 1. The number of nitrogens with two attached hydrogens (primary N) is 1. The molecule has 0 saturated heterocycles. The summed E-state index contributed by atoms with van der Waals surface area (Å²) in [7, 11) is 0. The Morgan fingerprint density at radius 2 is 1.89 bits per heavy atom. The summed E-state index contributed by atoms with van der Waals surface area (Å²) in [5.41, 5.74) is 8.81. The van der Waals surface area contributed by atoms with Gasteiger partial charge < -0.3 is 10.3 Å². The van der Waals surface area contributed by atoms with Crippen LogP contribution in [-0.4, -0.2) is 15.6 Å². The Labute approximate surface area is 109 Å². The Morgan fingerprint density at radius 1 is 1.22 bits per heavy atom. The van der Waals surface area contributed by atoms with Crippen molar-refractivity contribution in [1.29, 1.82) is 0 Å². The van der Waals surface area contributed by atoms with Gasteiger partial charge in [-0.25, -0.2) is 4.98 Å². The van der Waals surface area contributed by atoms with Gasteiger partial charge in [0.2, 0.25) is 0 Å². The summed E-state index contributed by atoms with van der Waals surface area (Å²) in [6.45, 7) is 6.24. The van der Waals surface area contributed by atoms with Crippen LogP contribution >= 0.6 is 0 Å². The highest BCUT2D eigenvalue weighted by atomic mass is 15.1. The van der Waals surface area contributed by atoms with Gasteiger partial charge in [0.05, 0.1) is 6.04 Å². The predicted molar refractivity (Wildman–Crippen MR) is 74.5 cm³/mol. The van der Waals surface area contributed by atoms with Crippen LogP contribution in [0.5, 0.6) is 0 Å². The van der Waals surface area contributed by atoms with Crippen molar-refractivity contribution in [3.8, 4) is 0 Å². The van der Waals surface area contributed by atoms with Gasteiger partial charge in [-0.15, -0.1) is 0 Å². The van der Waals surface area contributed by atoms with Crippen molar-refractivity contribution in [2.24, 2.45) is 5.73 Å². The zero-order valence-electron chi connectivity index (χ0n) is 11.3. The van der Waals surface area contributed by atoms with E-state index in [1.165, 1.54) is 11.1 Å². The van der Waals surface area contributed by atoms with Gasteiger partial charge in [0.15, 0.2) is 0 Å². The van der Waals surface area contributed by atoms with Crippen LogP contribution in [0.2, 0.25) is 0 Å². The predicted octanol–water partition coefficient (Wildman–Crippen LogP) is 2.83. The van der Waals surface area contributed by atoms with Gasteiger partial charge in [0.1, 0.15) is 5.82 Å². The molecule has 2 aromatic rings. The van der Waals surface area contributed by atoms with E-state index >= 15 is 0 Å². The molecule has 96 valence electrons. The third kappa shape index (κ3) is 2.46. The first-order chi connectivity index (χ1) is 8.63. The highest BCUT2D eigenvalue weighted by Crippen LogP contribution is 2.24. The molecule has 0 radical (unpaired) electrons. The largest absolute Gasteiger partial charge is 0.326 e. The second kappa shape index (κ2) is 5.36. The first kappa shape index (κ1) is 12.8. The number of aromatic nitrogens is 2. The number of rotatable bonds is 4. The fourth-order valence-electron chi connectivity index (χ4n) is 2.28. The minimum Gasteiger partial charge on any atom is -0.326 e. The molecule has 1 aromatic heterocycles. The summed E-state index contributed by atoms with van der Waals surface area (Å²) >= 11 is 0. The number of hydrogen-bond acceptors (Lipinski definition) is 2. The van der Waals surface area contributed by atoms with Crippen LogP contribution in [0, 0.1) is 13.8 Å². The molecule has 18 heavy (non-hydrogen) atoms. The minimum atomic E-state index is 0.0978. The van der Waals surface area contributed by atoms with Crippen LogP contribution in [0.15, 0.2) is 36.7 Å². The van der Waals surface area contributed by atoms with Gasteiger partial charge in [-0.3, -0.25) is 0 Å². The zero-order chi connectivity index (χ0) is 13.1. The summed E-state index contributed by atoms with van der Waals surface area (Å²) in [6, 6.07) is 8.86. The summed E-state index contributed by atoms with van der Waals surface area (Å²) in [5, 5.41) is 0. The number of aryl methyl sites for hydroxylation is 2. The SMILES string of the molecule is CCC(N)C(c1ccc(C)cc1)n1ccnc1C. The van der Waals surface area contributed by atoms with Crippen molar-refractivity contribution >= 4 is 0 Å². The number of nitrogens with zero attached hydrogens (tertiary/aromatic N) is 2. The fourth-order valence-corrected chi connectivity index (χ4v) is 2.28. The molecule has 0 aliphatic carbocycles. The smallest absolute Gasteiger partial charge is 0.106 e. The third-order valence-electron chi connectivity index (χ3n) is 3.46. The fraction of sp³-hybridized carbons (Fsp3) is 0.400. The van der Waals surface area contributed by atoms with Crippen LogP contribution in [-0.2, 0) is 0 Å². The van der Waals surface area contributed by atoms with E-state index in [9.17, 15) is 0 Å². The molecule has 2 atom stereocenters. The molecule has 0 spiro atoms. The van der Waals surface area contributed by atoms with E-state index in [0.717, 1.165) is 12.2 Å². The maximum atomic E-state index is 6.30. The minimum absolute atomic E-state index is 0.0978. The van der Waals surface area contributed by atoms with Gasteiger partial charge in [0.25, 0.3) is 0 Å². The molecule has 3 heteroatoms. The number of hydrogen-bond donors (Lipinski definition) is 1. The van der Waals surface area contributed by atoms with Crippen LogP contribution in [0.4, 0.5) is 0 Å². The Bertz CT molecular complexity index is 499. The van der Waals surface area contributed by atoms with Gasteiger partial charge in [-0.05, 0) is 25.8 Å². The first-order valence-electron chi connectivity index (χ1n) is 6.45. The lowest BCUT2D eigenvalue weighted by molar-refractivity contribution is 0.451. The van der Waals surface area contributed by atoms with Crippen LogP contribution in [0.25, 0.3) is 0 Å². The zero-order valence-corrected chi connectivity index (χ0v) is 11.3. The van der Waals surface area contributed by atoms with E-state index < -0.39 is 0 Å². The van der Waals surface area contributed by atoms with E-state index in [2.05, 4.69) is 47.7 Å². The topological polar surface area (TPSA) is 43.8 Å². The average Bonchev–Trinajstić information content (AvgIpc) is 2.78. The van der Waals surface area contributed by atoms with Gasteiger partial charge in [0, 0.05) is 18.4 Å². The van der Waals surface area contributed by atoms with E-state index in [1.807, 2.05) is 19.3 Å². The summed E-state index contributed by atoms with van der Waals surface area (Å²) in [6.07, 6.45) is 4.78. The van der Waals surface area contributed by atoms with Gasteiger partial charge in [-0.2, -0.15) is 0 Å². The number of benzene rings is 1. The van der Waals surface area contributed by atoms with Crippen molar-refractivity contribution in [3.63, 3.8) is 0 Å². The van der Waals surface area contributed by atoms with E-state index in [0.29, 0.717) is 0 Å². The maximum absolute atomic E-state index is 6.30. The monoisotopic (exact) mass is 243 g/mol. The quantitative estimate of drug-likeness (QED) is 0.897. The van der Waals surface area contributed by atoms with Crippen LogP contribution in [0.1, 0.15) is 36.3 Å². The third-order valence-corrected chi connectivity index (χ3v) is 3.46. The maximum Gasteiger partial charge on any atom is 0.106 e. The van der Waals surface area contributed by atoms with Crippen molar-refractivity contribution in [2.75, 3.05) is 0 Å². The molecule has 3 nitrogen and oxygen atoms in total. The molecule has 2 unspecified atom stereocenters. The Morgan fingerprint density at radius 3 is 2.39 bits per heavy atom. The molecule has 2 rings (SSSR count). The molecule has 0 bridgehead atoms. The van der Waals surface area contributed by atoms with Crippen molar-refractivity contribution < 1.29 is 0 Å². The Kier molecular flexibility index (Phi) is 3.82. The first-order valence-corrected chi connectivity index (χ1v) is 6.45. The van der Waals surface area contributed by atoms with Crippen molar-refractivity contribution in [3.05, 3.63) is 53.6 Å². The molecule has 1 heterocycles. The second-order valence-corrected chi connectivity index (χ2v) is 4.81. The standard InChI is InChI=1S/C15H21N3/c1-4-14(16)15(18-10-9-17-12(18)3)13-7-5-11(2)6-8-13/h5-10,14-15H,4,16H2,1-3H3. The molecule has 0 amide bonds. The Hall–Kier alpha value is -1.61. The average molecular weight is 243 g/mol. The lowest BCUT2D eigenvalue weighted by Crippen LogP contribution is -2.32. The second-order valence-electron chi connectivity index (χ2n) is 4.81. The van der Waals surface area contributed by atoms with Gasteiger partial charge in [-0.1, -0.05) is 36.8 Å². The van der Waals surface area contributed by atoms with Crippen LogP contribution in [0.3, 0.4) is 0 Å². The van der Waals surface area contributed by atoms with E-state index in [-0.39, 0.29) is 12.1 Å². The van der Waals surface area contributed by atoms with Gasteiger partial charge >= 0.3 is 0 Å². The van der Waals surface area contributed by atoms with E-state index in [4.69, 9.17) is 5.73 Å². The van der Waals surface area contributed by atoms with Crippen molar-refractivity contribution in [2.45, 2.75) is 39.3 Å². The molecule has 0 aliphatic rings. The van der Waals surface area contributed by atoms with Crippen molar-refractivity contribution in [1.82, 2.24) is 9.55 Å². The molecule has 0 aliphatic heterocycles. The summed E-state index contributed by atoms with van der Waals surface area (Å²) < 4.78 is 2.17. The normalized spacial score (nSPS) is 14.4. The molecule has 0 fully saturated rings. The summed E-state index contributed by atoms with van der Waals surface area (Å²) in [4.78, 5) is 4.30. The molecule has 0 saturated carbocycles. The lowest BCUT2D eigenvalue weighted by atomic mass is 9.97. The molecular formula is C15H21N3. The van der Waals surface area contributed by atoms with Crippen LogP contribution < -0.4 is 5.73 Å².